The monoisotopic (exact) mass is 304 g/mol. The molecule has 0 aromatic carbocycles. The molecule has 2 aliphatic rings. The van der Waals surface area contributed by atoms with E-state index in [1.807, 2.05) is 6.92 Å². The zero-order valence-corrected chi connectivity index (χ0v) is 15.4. The van der Waals surface area contributed by atoms with Crippen LogP contribution in [0.4, 0.5) is 0 Å². The Kier molecular flexibility index (Phi) is 4.70. The second kappa shape index (κ2) is 5.82. The van der Waals surface area contributed by atoms with Crippen molar-refractivity contribution in [3.63, 3.8) is 0 Å². The average Bonchev–Trinajstić information content (AvgIpc) is 2.36. The standard InChI is InChI=1S/C21H36O/c1-8-20(6,22)13-10-17-15(2)14-16(3)18-19(4,5)11-9-12-21(17,18)7/h8,16-18,22H,1-2,9-14H2,3-7H3/t16-,17-,18-,20+,21+/m0/s1. The van der Waals surface area contributed by atoms with Crippen molar-refractivity contribution in [1.29, 1.82) is 0 Å². The molecule has 0 bridgehead atoms. The third kappa shape index (κ3) is 3.07. The molecule has 1 N–H and O–H groups in total. The smallest absolute Gasteiger partial charge is 0.0797 e. The van der Waals surface area contributed by atoms with Gasteiger partial charge in [0, 0.05) is 0 Å². The first kappa shape index (κ1) is 17.8. The van der Waals surface area contributed by atoms with Crippen LogP contribution in [0, 0.1) is 28.6 Å². The summed E-state index contributed by atoms with van der Waals surface area (Å²) in [6, 6.07) is 0. The van der Waals surface area contributed by atoms with Gasteiger partial charge in [-0.05, 0) is 67.6 Å². The molecule has 5 atom stereocenters. The first-order valence-electron chi connectivity index (χ1n) is 9.07. The van der Waals surface area contributed by atoms with E-state index in [2.05, 4.69) is 40.9 Å². The average molecular weight is 305 g/mol. The summed E-state index contributed by atoms with van der Waals surface area (Å²) in [6.45, 7) is 20.0. The van der Waals surface area contributed by atoms with E-state index in [-0.39, 0.29) is 0 Å². The van der Waals surface area contributed by atoms with Crippen LogP contribution >= 0.6 is 0 Å². The van der Waals surface area contributed by atoms with Gasteiger partial charge in [-0.3, -0.25) is 0 Å². The minimum Gasteiger partial charge on any atom is -0.386 e. The number of rotatable bonds is 4. The molecule has 0 radical (unpaired) electrons. The van der Waals surface area contributed by atoms with E-state index in [1.165, 1.54) is 24.8 Å². The maximum Gasteiger partial charge on any atom is 0.0797 e. The van der Waals surface area contributed by atoms with Crippen molar-refractivity contribution < 1.29 is 5.11 Å². The van der Waals surface area contributed by atoms with Crippen LogP contribution < -0.4 is 0 Å². The molecule has 2 rings (SSSR count). The lowest BCUT2D eigenvalue weighted by atomic mass is 9.44. The van der Waals surface area contributed by atoms with Gasteiger partial charge < -0.3 is 5.11 Å². The molecule has 0 aromatic rings. The molecule has 1 heteroatoms. The van der Waals surface area contributed by atoms with Gasteiger partial charge in [-0.25, -0.2) is 0 Å². The Balaban J connectivity index is 2.28. The van der Waals surface area contributed by atoms with Crippen LogP contribution in [0.3, 0.4) is 0 Å². The van der Waals surface area contributed by atoms with Crippen LogP contribution in [0.5, 0.6) is 0 Å². The van der Waals surface area contributed by atoms with Crippen LogP contribution in [0.15, 0.2) is 24.8 Å². The van der Waals surface area contributed by atoms with Gasteiger partial charge in [0.2, 0.25) is 0 Å². The maximum absolute atomic E-state index is 10.3. The van der Waals surface area contributed by atoms with Gasteiger partial charge in [0.25, 0.3) is 0 Å². The van der Waals surface area contributed by atoms with Gasteiger partial charge in [0.1, 0.15) is 0 Å². The van der Waals surface area contributed by atoms with Gasteiger partial charge in [-0.1, -0.05) is 52.3 Å². The molecule has 0 aromatic heterocycles. The van der Waals surface area contributed by atoms with Crippen molar-refractivity contribution >= 4 is 0 Å². The highest BCUT2D eigenvalue weighted by atomic mass is 16.3. The quantitative estimate of drug-likeness (QED) is 0.656. The van der Waals surface area contributed by atoms with E-state index in [0.29, 0.717) is 16.7 Å². The Morgan fingerprint density at radius 2 is 1.95 bits per heavy atom. The molecule has 1 nitrogen and oxygen atoms in total. The molecule has 2 saturated carbocycles. The Morgan fingerprint density at radius 3 is 2.55 bits per heavy atom. The van der Waals surface area contributed by atoms with E-state index in [4.69, 9.17) is 0 Å². The molecule has 0 heterocycles. The second-order valence-corrected chi connectivity index (χ2v) is 9.32. The summed E-state index contributed by atoms with van der Waals surface area (Å²) in [4.78, 5) is 0. The number of hydrogen-bond acceptors (Lipinski definition) is 1. The predicted molar refractivity (Wildman–Crippen MR) is 95.7 cm³/mol. The van der Waals surface area contributed by atoms with Crippen molar-refractivity contribution in [2.45, 2.75) is 78.7 Å². The summed E-state index contributed by atoms with van der Waals surface area (Å²) in [5.41, 5.74) is 1.43. The minimum atomic E-state index is -0.751. The van der Waals surface area contributed by atoms with E-state index < -0.39 is 5.60 Å². The highest BCUT2D eigenvalue weighted by Gasteiger charge is 2.55. The summed E-state index contributed by atoms with van der Waals surface area (Å²) in [7, 11) is 0. The van der Waals surface area contributed by atoms with Crippen LogP contribution in [-0.2, 0) is 0 Å². The third-order valence-electron chi connectivity index (χ3n) is 6.91. The van der Waals surface area contributed by atoms with Crippen LogP contribution in [0.2, 0.25) is 0 Å². The topological polar surface area (TPSA) is 20.2 Å². The van der Waals surface area contributed by atoms with Gasteiger partial charge >= 0.3 is 0 Å². The molecule has 0 spiro atoms. The van der Waals surface area contributed by atoms with Crippen LogP contribution in [0.1, 0.15) is 73.1 Å². The van der Waals surface area contributed by atoms with Crippen LogP contribution in [-0.4, -0.2) is 10.7 Å². The van der Waals surface area contributed by atoms with Crippen LogP contribution in [0.25, 0.3) is 0 Å². The molecule has 126 valence electrons. The fourth-order valence-electron chi connectivity index (χ4n) is 6.15. The van der Waals surface area contributed by atoms with Crippen molar-refractivity contribution in [1.82, 2.24) is 0 Å². The number of fused-ring (bicyclic) bond motifs is 1. The summed E-state index contributed by atoms with van der Waals surface area (Å²) in [5.74, 6) is 2.03. The molecule has 22 heavy (non-hydrogen) atoms. The molecule has 0 amide bonds. The van der Waals surface area contributed by atoms with E-state index in [0.717, 1.165) is 31.1 Å². The summed E-state index contributed by atoms with van der Waals surface area (Å²) in [5, 5.41) is 10.3. The molecule has 2 aliphatic carbocycles. The van der Waals surface area contributed by atoms with Crippen molar-refractivity contribution in [2.24, 2.45) is 28.6 Å². The molecule has 0 unspecified atom stereocenters. The fraction of sp³-hybridized carbons (Fsp3) is 0.810. The number of aliphatic hydroxyl groups is 1. The minimum absolute atomic E-state index is 0.341. The fourth-order valence-corrected chi connectivity index (χ4v) is 6.15. The molecule has 2 fully saturated rings. The normalized spacial score (nSPS) is 40.6. The lowest BCUT2D eigenvalue weighted by molar-refractivity contribution is -0.0863. The Bertz CT molecular complexity index is 445. The Morgan fingerprint density at radius 1 is 1.32 bits per heavy atom. The van der Waals surface area contributed by atoms with Crippen molar-refractivity contribution in [3.8, 4) is 0 Å². The van der Waals surface area contributed by atoms with Crippen molar-refractivity contribution in [2.75, 3.05) is 0 Å². The summed E-state index contributed by atoms with van der Waals surface area (Å²) in [6.07, 6.45) is 8.66. The zero-order valence-electron chi connectivity index (χ0n) is 15.4. The SMILES string of the molecule is C=C[C@@](C)(O)CC[C@H]1C(=C)C[C@H](C)[C@H]2C(C)(C)CCC[C@]12C. The molecule has 0 aliphatic heterocycles. The van der Waals surface area contributed by atoms with E-state index in [1.54, 1.807) is 6.08 Å². The van der Waals surface area contributed by atoms with Gasteiger partial charge in [-0.15, -0.1) is 6.58 Å². The van der Waals surface area contributed by atoms with Crippen molar-refractivity contribution in [3.05, 3.63) is 24.8 Å². The largest absolute Gasteiger partial charge is 0.386 e. The summed E-state index contributed by atoms with van der Waals surface area (Å²) >= 11 is 0. The second-order valence-electron chi connectivity index (χ2n) is 9.32. The maximum atomic E-state index is 10.3. The zero-order chi connectivity index (χ0) is 16.8. The molecular formula is C21H36O. The number of allylic oxidation sites excluding steroid dienone is 1. The lowest BCUT2D eigenvalue weighted by Crippen LogP contribution is -2.53. The number of hydrogen-bond donors (Lipinski definition) is 1. The first-order chi connectivity index (χ1) is 10.0. The first-order valence-corrected chi connectivity index (χ1v) is 9.07. The highest BCUT2D eigenvalue weighted by Crippen LogP contribution is 2.63. The lowest BCUT2D eigenvalue weighted by Gasteiger charge is -2.60. The van der Waals surface area contributed by atoms with E-state index in [9.17, 15) is 5.11 Å². The predicted octanol–water partition coefficient (Wildman–Crippen LogP) is 5.75. The van der Waals surface area contributed by atoms with E-state index >= 15 is 0 Å². The van der Waals surface area contributed by atoms with Gasteiger partial charge in [-0.2, -0.15) is 0 Å². The summed E-state index contributed by atoms with van der Waals surface area (Å²) < 4.78 is 0. The van der Waals surface area contributed by atoms with Gasteiger partial charge in [0.15, 0.2) is 0 Å². The Labute approximate surface area is 137 Å². The molecular weight excluding hydrogens is 268 g/mol. The Hall–Kier alpha value is -0.560. The highest BCUT2D eigenvalue weighted by molar-refractivity contribution is 5.17. The molecule has 0 saturated heterocycles. The van der Waals surface area contributed by atoms with Gasteiger partial charge in [0.05, 0.1) is 5.60 Å². The third-order valence-corrected chi connectivity index (χ3v) is 6.91.